The summed E-state index contributed by atoms with van der Waals surface area (Å²) in [7, 11) is 0. The Bertz CT molecular complexity index is 438. The van der Waals surface area contributed by atoms with Gasteiger partial charge in [-0.1, -0.05) is 36.8 Å². The Hall–Kier alpha value is -0.710. The van der Waals surface area contributed by atoms with E-state index < -0.39 is 0 Å². The van der Waals surface area contributed by atoms with Gasteiger partial charge in [0.2, 0.25) is 5.91 Å². The van der Waals surface area contributed by atoms with Crippen molar-refractivity contribution in [3.63, 3.8) is 0 Å². The highest BCUT2D eigenvalue weighted by molar-refractivity contribution is 7.99. The molecule has 1 saturated heterocycles. The van der Waals surface area contributed by atoms with E-state index in [1.165, 1.54) is 11.1 Å². The number of aryl methyl sites for hydroxylation is 1. The molecule has 1 aliphatic rings. The Balaban J connectivity index is 0.00000200. The summed E-state index contributed by atoms with van der Waals surface area (Å²) in [6.07, 6.45) is 0. The van der Waals surface area contributed by atoms with Crippen molar-refractivity contribution in [1.82, 2.24) is 4.90 Å². The Morgan fingerprint density at radius 2 is 2.10 bits per heavy atom. The largest absolute Gasteiger partial charge is 0.334 e. The smallest absolute Gasteiger partial charge is 0.227 e. The van der Waals surface area contributed by atoms with Gasteiger partial charge in [-0.3, -0.25) is 4.79 Å². The number of nitrogens with zero attached hydrogens (tertiary/aromatic N) is 1. The summed E-state index contributed by atoms with van der Waals surface area (Å²) in [6.45, 7) is 5.24. The van der Waals surface area contributed by atoms with Crippen molar-refractivity contribution >= 4 is 30.1 Å². The number of amides is 1. The van der Waals surface area contributed by atoms with Gasteiger partial charge in [-0.05, 0) is 12.5 Å². The zero-order chi connectivity index (χ0) is 13.8. The number of thioether (sulfide) groups is 1. The topological polar surface area (TPSA) is 46.3 Å². The third kappa shape index (κ3) is 3.90. The van der Waals surface area contributed by atoms with Crippen molar-refractivity contribution in [2.24, 2.45) is 11.7 Å². The van der Waals surface area contributed by atoms with Crippen LogP contribution in [0.5, 0.6) is 0 Å². The van der Waals surface area contributed by atoms with E-state index in [2.05, 4.69) is 31.2 Å². The predicted molar refractivity (Wildman–Crippen MR) is 88.4 cm³/mol. The number of halogens is 1. The van der Waals surface area contributed by atoms with Crippen LogP contribution in [0.2, 0.25) is 0 Å². The summed E-state index contributed by atoms with van der Waals surface area (Å²) in [4.78, 5) is 14.4. The van der Waals surface area contributed by atoms with E-state index in [0.29, 0.717) is 6.54 Å². The normalized spacial score (nSPS) is 20.1. The molecule has 2 unspecified atom stereocenters. The highest BCUT2D eigenvalue weighted by Gasteiger charge is 2.30. The van der Waals surface area contributed by atoms with Crippen molar-refractivity contribution in [3.8, 4) is 0 Å². The molecule has 0 aromatic heterocycles. The van der Waals surface area contributed by atoms with Gasteiger partial charge >= 0.3 is 0 Å². The van der Waals surface area contributed by atoms with E-state index in [1.54, 1.807) is 0 Å². The molecule has 0 spiro atoms. The summed E-state index contributed by atoms with van der Waals surface area (Å²) >= 11 is 1.92. The first-order chi connectivity index (χ1) is 9.13. The van der Waals surface area contributed by atoms with Gasteiger partial charge < -0.3 is 10.6 Å². The first-order valence-corrected chi connectivity index (χ1v) is 7.94. The quantitative estimate of drug-likeness (QED) is 0.933. The molecule has 0 radical (unpaired) electrons. The minimum Gasteiger partial charge on any atom is -0.334 e. The number of carbonyl (C=O) groups excluding carboxylic acids is 1. The van der Waals surface area contributed by atoms with Crippen LogP contribution < -0.4 is 5.73 Å². The molecule has 2 atom stereocenters. The van der Waals surface area contributed by atoms with E-state index in [0.717, 1.165) is 18.1 Å². The third-order valence-corrected chi connectivity index (χ3v) is 4.67. The lowest BCUT2D eigenvalue weighted by atomic mass is 10.0. The molecule has 2 N–H and O–H groups in total. The van der Waals surface area contributed by atoms with Crippen LogP contribution in [0.4, 0.5) is 0 Å². The van der Waals surface area contributed by atoms with Gasteiger partial charge in [-0.25, -0.2) is 0 Å². The van der Waals surface area contributed by atoms with Crippen LogP contribution >= 0.6 is 24.2 Å². The maximum absolute atomic E-state index is 12.4. The molecule has 1 amide bonds. The molecule has 0 aliphatic carbocycles. The van der Waals surface area contributed by atoms with Crippen molar-refractivity contribution in [1.29, 1.82) is 0 Å². The van der Waals surface area contributed by atoms with Crippen LogP contribution in [0, 0.1) is 12.8 Å². The van der Waals surface area contributed by atoms with E-state index >= 15 is 0 Å². The fraction of sp³-hybridized carbons (Fsp3) is 0.533. The average molecular weight is 315 g/mol. The molecular formula is C15H23ClN2OS. The zero-order valence-electron chi connectivity index (χ0n) is 12.0. The molecule has 0 bridgehead atoms. The number of benzene rings is 1. The average Bonchev–Trinajstić information content (AvgIpc) is 2.46. The Kier molecular flexibility index (Phi) is 6.86. The van der Waals surface area contributed by atoms with Gasteiger partial charge in [0.05, 0.1) is 6.04 Å². The van der Waals surface area contributed by atoms with Crippen molar-refractivity contribution in [2.75, 3.05) is 24.6 Å². The summed E-state index contributed by atoms with van der Waals surface area (Å²) in [5.41, 5.74) is 8.11. The van der Waals surface area contributed by atoms with Crippen LogP contribution in [0.15, 0.2) is 24.3 Å². The summed E-state index contributed by atoms with van der Waals surface area (Å²) < 4.78 is 0. The standard InChI is InChI=1S/C15H22N2OS.ClH/c1-11-3-5-13(6-4-11)14-10-19-8-7-17(14)15(18)12(2)9-16;/h3-6,12,14H,7-10,16H2,1-2H3;1H. The second kappa shape index (κ2) is 7.91. The van der Waals surface area contributed by atoms with Crippen LogP contribution in [0.1, 0.15) is 24.1 Å². The molecule has 3 nitrogen and oxygen atoms in total. The number of rotatable bonds is 3. The number of hydrogen-bond donors (Lipinski definition) is 1. The Morgan fingerprint density at radius 3 is 2.70 bits per heavy atom. The van der Waals surface area contributed by atoms with E-state index in [1.807, 2.05) is 23.6 Å². The first-order valence-electron chi connectivity index (χ1n) is 6.78. The highest BCUT2D eigenvalue weighted by Crippen LogP contribution is 2.30. The molecule has 2 rings (SSSR count). The van der Waals surface area contributed by atoms with Crippen LogP contribution in [-0.2, 0) is 4.79 Å². The zero-order valence-corrected chi connectivity index (χ0v) is 13.7. The van der Waals surface area contributed by atoms with Gasteiger partial charge in [-0.15, -0.1) is 12.4 Å². The monoisotopic (exact) mass is 314 g/mol. The number of hydrogen-bond acceptors (Lipinski definition) is 3. The highest BCUT2D eigenvalue weighted by atomic mass is 35.5. The second-order valence-electron chi connectivity index (χ2n) is 5.17. The van der Waals surface area contributed by atoms with Gasteiger partial charge in [-0.2, -0.15) is 11.8 Å². The lowest BCUT2D eigenvalue weighted by molar-refractivity contribution is -0.136. The summed E-state index contributed by atoms with van der Waals surface area (Å²) in [6, 6.07) is 8.70. The molecule has 1 aromatic rings. The molecular weight excluding hydrogens is 292 g/mol. The van der Waals surface area contributed by atoms with E-state index in [4.69, 9.17) is 5.73 Å². The van der Waals surface area contributed by atoms with Crippen LogP contribution in [0.3, 0.4) is 0 Å². The molecule has 1 heterocycles. The van der Waals surface area contributed by atoms with Gasteiger partial charge in [0.25, 0.3) is 0 Å². The maximum Gasteiger partial charge on any atom is 0.227 e. The van der Waals surface area contributed by atoms with Crippen LogP contribution in [0.25, 0.3) is 0 Å². The summed E-state index contributed by atoms with van der Waals surface area (Å²) in [5, 5.41) is 0. The van der Waals surface area contributed by atoms with Crippen molar-refractivity contribution < 1.29 is 4.79 Å². The van der Waals surface area contributed by atoms with E-state index in [9.17, 15) is 4.79 Å². The van der Waals surface area contributed by atoms with Gasteiger partial charge in [0, 0.05) is 30.5 Å². The number of nitrogens with two attached hydrogens (primary N) is 1. The Labute approximate surface area is 131 Å². The SMILES string of the molecule is Cc1ccc(C2CSCCN2C(=O)C(C)CN)cc1.Cl. The molecule has 112 valence electrons. The van der Waals surface area contributed by atoms with Crippen molar-refractivity contribution in [3.05, 3.63) is 35.4 Å². The van der Waals surface area contributed by atoms with Gasteiger partial charge in [0.15, 0.2) is 0 Å². The van der Waals surface area contributed by atoms with Crippen molar-refractivity contribution in [2.45, 2.75) is 19.9 Å². The lowest BCUT2D eigenvalue weighted by Gasteiger charge is -2.37. The molecule has 5 heteroatoms. The summed E-state index contributed by atoms with van der Waals surface area (Å²) in [5.74, 6) is 2.10. The van der Waals surface area contributed by atoms with Gasteiger partial charge in [0.1, 0.15) is 0 Å². The fourth-order valence-corrected chi connectivity index (χ4v) is 3.40. The van der Waals surface area contributed by atoms with E-state index in [-0.39, 0.29) is 30.3 Å². The van der Waals surface area contributed by atoms with Crippen LogP contribution in [-0.4, -0.2) is 35.4 Å². The molecule has 1 fully saturated rings. The first kappa shape index (κ1) is 17.3. The minimum atomic E-state index is -0.0870. The predicted octanol–water partition coefficient (Wildman–Crippen LogP) is 2.63. The third-order valence-electron chi connectivity index (χ3n) is 3.65. The second-order valence-corrected chi connectivity index (χ2v) is 6.32. The molecule has 1 aromatic carbocycles. The fourth-order valence-electron chi connectivity index (χ4n) is 2.32. The molecule has 1 aliphatic heterocycles. The lowest BCUT2D eigenvalue weighted by Crippen LogP contribution is -2.44. The maximum atomic E-state index is 12.4. The minimum absolute atomic E-state index is 0. The Morgan fingerprint density at radius 1 is 1.45 bits per heavy atom. The molecule has 0 saturated carbocycles. The number of carbonyl (C=O) groups is 1. The molecule has 20 heavy (non-hydrogen) atoms.